The van der Waals surface area contributed by atoms with E-state index >= 15 is 0 Å². The Kier molecular flexibility index (Phi) is 5.42. The molecule has 1 N–H and O–H groups in total. The zero-order valence-corrected chi connectivity index (χ0v) is 12.3. The van der Waals surface area contributed by atoms with E-state index in [1.807, 2.05) is 12.4 Å². The molecule has 2 aromatic rings. The first-order valence-corrected chi connectivity index (χ1v) is 7.51. The first-order chi connectivity index (χ1) is 9.29. The van der Waals surface area contributed by atoms with Crippen molar-refractivity contribution in [1.29, 1.82) is 0 Å². The molecular formula is C14H21N3OS. The summed E-state index contributed by atoms with van der Waals surface area (Å²) in [5.41, 5.74) is 1.38. The molecule has 0 aliphatic heterocycles. The number of imidazole rings is 1. The Hall–Kier alpha value is -1.33. The Bertz CT molecular complexity index is 467. The van der Waals surface area contributed by atoms with E-state index < -0.39 is 0 Å². The first kappa shape index (κ1) is 14.1. The SMILES string of the molecule is COCCCn1ccnc1NC(C)Cc1ccsc1. The average molecular weight is 279 g/mol. The number of hydrogen-bond donors (Lipinski definition) is 1. The number of anilines is 1. The molecule has 5 heteroatoms. The van der Waals surface area contributed by atoms with Crippen molar-refractivity contribution < 1.29 is 4.74 Å². The second-order valence-electron chi connectivity index (χ2n) is 4.67. The van der Waals surface area contributed by atoms with Gasteiger partial charge in [0.25, 0.3) is 0 Å². The summed E-state index contributed by atoms with van der Waals surface area (Å²) < 4.78 is 7.22. The van der Waals surface area contributed by atoms with E-state index in [1.54, 1.807) is 18.4 Å². The van der Waals surface area contributed by atoms with Crippen LogP contribution >= 0.6 is 11.3 Å². The second kappa shape index (κ2) is 7.31. The van der Waals surface area contributed by atoms with Gasteiger partial charge in [-0.1, -0.05) is 0 Å². The highest BCUT2D eigenvalue weighted by atomic mass is 32.1. The van der Waals surface area contributed by atoms with Gasteiger partial charge in [-0.3, -0.25) is 0 Å². The molecule has 0 aliphatic rings. The molecule has 0 spiro atoms. The number of methoxy groups -OCH3 is 1. The van der Waals surface area contributed by atoms with Crippen molar-refractivity contribution in [3.63, 3.8) is 0 Å². The highest BCUT2D eigenvalue weighted by molar-refractivity contribution is 7.07. The normalized spacial score (nSPS) is 12.5. The van der Waals surface area contributed by atoms with Crippen LogP contribution in [0.15, 0.2) is 29.2 Å². The predicted octanol–water partition coefficient (Wildman–Crippen LogP) is 3.02. The van der Waals surface area contributed by atoms with Crippen molar-refractivity contribution in [3.8, 4) is 0 Å². The maximum Gasteiger partial charge on any atom is 0.202 e. The fourth-order valence-corrected chi connectivity index (χ4v) is 2.72. The molecule has 19 heavy (non-hydrogen) atoms. The Morgan fingerprint density at radius 2 is 2.42 bits per heavy atom. The molecule has 1 atom stereocenters. The molecule has 0 aliphatic carbocycles. The van der Waals surface area contributed by atoms with Crippen molar-refractivity contribution in [1.82, 2.24) is 9.55 Å². The summed E-state index contributed by atoms with van der Waals surface area (Å²) in [6.07, 6.45) is 5.87. The van der Waals surface area contributed by atoms with Gasteiger partial charge in [0.05, 0.1) is 0 Å². The molecule has 0 fully saturated rings. The molecule has 0 saturated carbocycles. The molecular weight excluding hydrogens is 258 g/mol. The smallest absolute Gasteiger partial charge is 0.202 e. The standard InChI is InChI=1S/C14H21N3OS/c1-12(10-13-4-9-19-11-13)16-14-15-5-7-17(14)6-3-8-18-2/h4-5,7,9,11-12H,3,6,8,10H2,1-2H3,(H,15,16). The van der Waals surface area contributed by atoms with Crippen LogP contribution < -0.4 is 5.32 Å². The maximum atomic E-state index is 5.08. The molecule has 0 bridgehead atoms. The summed E-state index contributed by atoms with van der Waals surface area (Å²) in [4.78, 5) is 4.38. The summed E-state index contributed by atoms with van der Waals surface area (Å²) in [6.45, 7) is 3.90. The molecule has 0 aromatic carbocycles. The van der Waals surface area contributed by atoms with Gasteiger partial charge in [0.1, 0.15) is 0 Å². The lowest BCUT2D eigenvalue weighted by molar-refractivity contribution is 0.190. The van der Waals surface area contributed by atoms with E-state index in [2.05, 4.69) is 38.6 Å². The number of nitrogens with zero attached hydrogens (tertiary/aromatic N) is 2. The summed E-state index contributed by atoms with van der Waals surface area (Å²) in [5, 5.41) is 7.79. The van der Waals surface area contributed by atoms with E-state index in [0.29, 0.717) is 6.04 Å². The number of aromatic nitrogens is 2. The van der Waals surface area contributed by atoms with E-state index in [4.69, 9.17) is 4.74 Å². The number of nitrogens with one attached hydrogen (secondary N) is 1. The van der Waals surface area contributed by atoms with Crippen LogP contribution in [0.4, 0.5) is 5.95 Å². The molecule has 1 unspecified atom stereocenters. The minimum Gasteiger partial charge on any atom is -0.385 e. The molecule has 2 aromatic heterocycles. The van der Waals surface area contributed by atoms with E-state index in [-0.39, 0.29) is 0 Å². The van der Waals surface area contributed by atoms with Crippen LogP contribution in [0.1, 0.15) is 18.9 Å². The summed E-state index contributed by atoms with van der Waals surface area (Å²) in [5.74, 6) is 0.943. The molecule has 4 nitrogen and oxygen atoms in total. The van der Waals surface area contributed by atoms with Crippen LogP contribution in [0.25, 0.3) is 0 Å². The molecule has 2 heterocycles. The quantitative estimate of drug-likeness (QED) is 0.755. The van der Waals surface area contributed by atoms with Gasteiger partial charge in [0.15, 0.2) is 0 Å². The average Bonchev–Trinajstić information content (AvgIpc) is 3.02. The summed E-state index contributed by atoms with van der Waals surface area (Å²) in [6, 6.07) is 2.55. The fourth-order valence-electron chi connectivity index (χ4n) is 2.04. The highest BCUT2D eigenvalue weighted by Crippen LogP contribution is 2.12. The van der Waals surface area contributed by atoms with Crippen molar-refractivity contribution in [3.05, 3.63) is 34.8 Å². The van der Waals surface area contributed by atoms with Crippen LogP contribution in [-0.2, 0) is 17.7 Å². The molecule has 0 saturated heterocycles. The maximum absolute atomic E-state index is 5.08. The third kappa shape index (κ3) is 4.36. The van der Waals surface area contributed by atoms with Crippen molar-refractivity contribution in [2.75, 3.05) is 19.0 Å². The largest absolute Gasteiger partial charge is 0.385 e. The zero-order chi connectivity index (χ0) is 13.5. The van der Waals surface area contributed by atoms with Crippen molar-refractivity contribution >= 4 is 17.3 Å². The topological polar surface area (TPSA) is 39.1 Å². The van der Waals surface area contributed by atoms with Gasteiger partial charge in [0, 0.05) is 38.7 Å². The monoisotopic (exact) mass is 279 g/mol. The van der Waals surface area contributed by atoms with Gasteiger partial charge < -0.3 is 14.6 Å². The van der Waals surface area contributed by atoms with Crippen LogP contribution in [0.3, 0.4) is 0 Å². The lowest BCUT2D eigenvalue weighted by atomic mass is 10.1. The molecule has 104 valence electrons. The van der Waals surface area contributed by atoms with Gasteiger partial charge in [0.2, 0.25) is 5.95 Å². The number of aryl methyl sites for hydroxylation is 1. The van der Waals surface area contributed by atoms with Gasteiger partial charge in [-0.25, -0.2) is 4.98 Å². The number of hydrogen-bond acceptors (Lipinski definition) is 4. The van der Waals surface area contributed by atoms with Gasteiger partial charge in [-0.2, -0.15) is 11.3 Å². The summed E-state index contributed by atoms with van der Waals surface area (Å²) >= 11 is 1.74. The third-order valence-corrected chi connectivity index (χ3v) is 3.69. The van der Waals surface area contributed by atoms with Crippen LogP contribution in [0, 0.1) is 0 Å². The fraction of sp³-hybridized carbons (Fsp3) is 0.500. The van der Waals surface area contributed by atoms with Gasteiger partial charge in [-0.15, -0.1) is 0 Å². The minimum absolute atomic E-state index is 0.373. The van der Waals surface area contributed by atoms with Crippen molar-refractivity contribution in [2.24, 2.45) is 0 Å². The lowest BCUT2D eigenvalue weighted by Crippen LogP contribution is -2.20. The Balaban J connectivity index is 1.86. The summed E-state index contributed by atoms with van der Waals surface area (Å²) in [7, 11) is 1.73. The van der Waals surface area contributed by atoms with Gasteiger partial charge >= 0.3 is 0 Å². The van der Waals surface area contributed by atoms with Crippen LogP contribution in [0.5, 0.6) is 0 Å². The molecule has 2 rings (SSSR count). The zero-order valence-electron chi connectivity index (χ0n) is 11.5. The van der Waals surface area contributed by atoms with Crippen LogP contribution in [-0.4, -0.2) is 29.3 Å². The Labute approximate surface area is 118 Å². The number of ether oxygens (including phenoxy) is 1. The van der Waals surface area contributed by atoms with E-state index in [9.17, 15) is 0 Å². The van der Waals surface area contributed by atoms with Gasteiger partial charge in [-0.05, 0) is 42.2 Å². The third-order valence-electron chi connectivity index (χ3n) is 2.96. The Morgan fingerprint density at radius 3 is 3.16 bits per heavy atom. The lowest BCUT2D eigenvalue weighted by Gasteiger charge is -2.15. The predicted molar refractivity (Wildman–Crippen MR) is 79.8 cm³/mol. The Morgan fingerprint density at radius 1 is 1.53 bits per heavy atom. The number of thiophene rings is 1. The molecule has 0 amide bonds. The highest BCUT2D eigenvalue weighted by Gasteiger charge is 2.08. The first-order valence-electron chi connectivity index (χ1n) is 6.57. The minimum atomic E-state index is 0.373. The number of rotatable bonds is 8. The van der Waals surface area contributed by atoms with Crippen LogP contribution in [0.2, 0.25) is 0 Å². The van der Waals surface area contributed by atoms with E-state index in [1.165, 1.54) is 5.56 Å². The van der Waals surface area contributed by atoms with Crippen molar-refractivity contribution in [2.45, 2.75) is 32.4 Å². The van der Waals surface area contributed by atoms with E-state index in [0.717, 1.165) is 31.9 Å². The second-order valence-corrected chi connectivity index (χ2v) is 5.45. The molecule has 0 radical (unpaired) electrons.